The fourth-order valence-electron chi connectivity index (χ4n) is 2.61. The van der Waals surface area contributed by atoms with Crippen LogP contribution in [0, 0.1) is 5.82 Å². The van der Waals surface area contributed by atoms with Gasteiger partial charge in [0.05, 0.1) is 16.5 Å². The van der Waals surface area contributed by atoms with Gasteiger partial charge in [-0.25, -0.2) is 12.8 Å². The van der Waals surface area contributed by atoms with Crippen molar-refractivity contribution in [1.82, 2.24) is 4.90 Å². The third kappa shape index (κ3) is 3.31. The summed E-state index contributed by atoms with van der Waals surface area (Å²) in [6.07, 6.45) is 0.601. The standard InChI is InChI=1S/C13H18ClFN2O2S/c1-17(10-4-5-20(18,19)8-10)13(7-16)9-2-3-12(15)11(14)6-9/h2-3,6,10,13H,4-5,7-8,16H2,1H3. The molecule has 0 spiro atoms. The minimum atomic E-state index is -2.95. The Morgan fingerprint density at radius 2 is 2.25 bits per heavy atom. The number of likely N-dealkylation sites (N-methyl/N-ethyl adjacent to an activating group) is 1. The lowest BCUT2D eigenvalue weighted by Gasteiger charge is -2.32. The molecular formula is C13H18ClFN2O2S. The van der Waals surface area contributed by atoms with E-state index in [9.17, 15) is 12.8 Å². The highest BCUT2D eigenvalue weighted by Gasteiger charge is 2.33. The zero-order valence-electron chi connectivity index (χ0n) is 11.2. The Bertz CT molecular complexity index is 594. The Labute approximate surface area is 123 Å². The van der Waals surface area contributed by atoms with Crippen LogP contribution in [0.5, 0.6) is 0 Å². The van der Waals surface area contributed by atoms with Crippen LogP contribution in [0.3, 0.4) is 0 Å². The average molecular weight is 321 g/mol. The average Bonchev–Trinajstić information content (AvgIpc) is 2.75. The quantitative estimate of drug-likeness (QED) is 0.915. The van der Waals surface area contributed by atoms with Crippen LogP contribution < -0.4 is 5.73 Å². The number of benzene rings is 1. The lowest BCUT2D eigenvalue weighted by molar-refractivity contribution is 0.192. The molecule has 1 aliphatic rings. The molecule has 2 unspecified atom stereocenters. The largest absolute Gasteiger partial charge is 0.329 e. The second-order valence-electron chi connectivity index (χ2n) is 5.15. The molecular weight excluding hydrogens is 303 g/mol. The van der Waals surface area contributed by atoms with E-state index in [2.05, 4.69) is 0 Å². The summed E-state index contributed by atoms with van der Waals surface area (Å²) in [5.74, 6) is -0.115. The van der Waals surface area contributed by atoms with Gasteiger partial charge in [-0.2, -0.15) is 0 Å². The monoisotopic (exact) mass is 320 g/mol. The van der Waals surface area contributed by atoms with E-state index in [1.165, 1.54) is 6.07 Å². The van der Waals surface area contributed by atoms with E-state index in [4.69, 9.17) is 17.3 Å². The van der Waals surface area contributed by atoms with Crippen LogP contribution in [-0.2, 0) is 9.84 Å². The van der Waals surface area contributed by atoms with Gasteiger partial charge in [0.2, 0.25) is 0 Å². The first kappa shape index (κ1) is 15.7. The summed E-state index contributed by atoms with van der Waals surface area (Å²) in [4.78, 5) is 1.95. The van der Waals surface area contributed by atoms with Gasteiger partial charge in [-0.05, 0) is 31.2 Å². The molecule has 0 bridgehead atoms. The van der Waals surface area contributed by atoms with Gasteiger partial charge in [0.1, 0.15) is 5.82 Å². The van der Waals surface area contributed by atoms with Crippen molar-refractivity contribution >= 4 is 21.4 Å². The molecule has 0 radical (unpaired) electrons. The van der Waals surface area contributed by atoms with Crippen LogP contribution in [-0.4, -0.2) is 44.5 Å². The molecule has 1 aromatic carbocycles. The maximum absolute atomic E-state index is 13.2. The van der Waals surface area contributed by atoms with Crippen molar-refractivity contribution in [2.45, 2.75) is 18.5 Å². The molecule has 1 saturated heterocycles. The van der Waals surface area contributed by atoms with Gasteiger partial charge in [-0.3, -0.25) is 4.90 Å². The maximum atomic E-state index is 13.2. The van der Waals surface area contributed by atoms with Crippen molar-refractivity contribution in [3.05, 3.63) is 34.6 Å². The highest BCUT2D eigenvalue weighted by molar-refractivity contribution is 7.91. The Hall–Kier alpha value is -0.690. The molecule has 2 atom stereocenters. The molecule has 0 aliphatic carbocycles. The van der Waals surface area contributed by atoms with Crippen molar-refractivity contribution in [3.63, 3.8) is 0 Å². The summed E-state index contributed by atoms with van der Waals surface area (Å²) in [6.45, 7) is 0.314. The van der Waals surface area contributed by atoms with E-state index in [1.807, 2.05) is 11.9 Å². The second-order valence-corrected chi connectivity index (χ2v) is 7.78. The van der Waals surface area contributed by atoms with E-state index in [1.54, 1.807) is 12.1 Å². The summed E-state index contributed by atoms with van der Waals surface area (Å²) >= 11 is 5.79. The summed E-state index contributed by atoms with van der Waals surface area (Å²) in [5.41, 5.74) is 6.60. The molecule has 2 N–H and O–H groups in total. The summed E-state index contributed by atoms with van der Waals surface area (Å²) in [6, 6.07) is 4.26. The molecule has 1 heterocycles. The zero-order chi connectivity index (χ0) is 14.9. The van der Waals surface area contributed by atoms with Gasteiger partial charge in [0, 0.05) is 18.6 Å². The van der Waals surface area contributed by atoms with Crippen molar-refractivity contribution in [1.29, 1.82) is 0 Å². The third-order valence-corrected chi connectivity index (χ3v) is 5.87. The van der Waals surface area contributed by atoms with Crippen molar-refractivity contribution < 1.29 is 12.8 Å². The first-order valence-electron chi connectivity index (χ1n) is 6.41. The van der Waals surface area contributed by atoms with Crippen LogP contribution in [0.4, 0.5) is 4.39 Å². The van der Waals surface area contributed by atoms with Gasteiger partial charge in [0.25, 0.3) is 0 Å². The van der Waals surface area contributed by atoms with Crippen molar-refractivity contribution in [2.24, 2.45) is 5.73 Å². The Kier molecular flexibility index (Phi) is 4.69. The summed E-state index contributed by atoms with van der Waals surface area (Å²) in [5, 5.41) is 0.0494. The van der Waals surface area contributed by atoms with Gasteiger partial charge < -0.3 is 5.73 Å². The SMILES string of the molecule is CN(C1CCS(=O)(=O)C1)C(CN)c1ccc(F)c(Cl)c1. The van der Waals surface area contributed by atoms with Crippen LogP contribution >= 0.6 is 11.6 Å². The minimum absolute atomic E-state index is 0.0494. The van der Waals surface area contributed by atoms with E-state index < -0.39 is 15.7 Å². The number of nitrogens with zero attached hydrogens (tertiary/aromatic N) is 1. The number of nitrogens with two attached hydrogens (primary N) is 1. The zero-order valence-corrected chi connectivity index (χ0v) is 12.8. The van der Waals surface area contributed by atoms with Gasteiger partial charge >= 0.3 is 0 Å². The van der Waals surface area contributed by atoms with E-state index >= 15 is 0 Å². The van der Waals surface area contributed by atoms with E-state index in [0.717, 1.165) is 5.56 Å². The first-order chi connectivity index (χ1) is 9.34. The summed E-state index contributed by atoms with van der Waals surface area (Å²) in [7, 11) is -1.10. The molecule has 1 aliphatic heterocycles. The fourth-order valence-corrected chi connectivity index (χ4v) is 4.58. The van der Waals surface area contributed by atoms with Crippen LogP contribution in [0.25, 0.3) is 0 Å². The van der Waals surface area contributed by atoms with Crippen LogP contribution in [0.15, 0.2) is 18.2 Å². The molecule has 20 heavy (non-hydrogen) atoms. The third-order valence-electron chi connectivity index (χ3n) is 3.83. The number of hydrogen-bond acceptors (Lipinski definition) is 4. The normalized spacial score (nSPS) is 23.1. The molecule has 1 fully saturated rings. The molecule has 1 aromatic rings. The maximum Gasteiger partial charge on any atom is 0.151 e. The second kappa shape index (κ2) is 5.97. The lowest BCUT2D eigenvalue weighted by Crippen LogP contribution is -2.39. The predicted molar refractivity (Wildman–Crippen MR) is 78.0 cm³/mol. The molecule has 4 nitrogen and oxygen atoms in total. The summed E-state index contributed by atoms with van der Waals surface area (Å²) < 4.78 is 36.3. The Balaban J connectivity index is 2.21. The topological polar surface area (TPSA) is 63.4 Å². The van der Waals surface area contributed by atoms with Crippen molar-refractivity contribution in [2.75, 3.05) is 25.1 Å². The first-order valence-corrected chi connectivity index (χ1v) is 8.61. The molecule has 0 saturated carbocycles. The molecule has 0 amide bonds. The highest BCUT2D eigenvalue weighted by Crippen LogP contribution is 2.28. The van der Waals surface area contributed by atoms with Crippen molar-refractivity contribution in [3.8, 4) is 0 Å². The van der Waals surface area contributed by atoms with Crippen LogP contribution in [0.1, 0.15) is 18.0 Å². The number of rotatable bonds is 4. The van der Waals surface area contributed by atoms with Gasteiger partial charge in [-0.15, -0.1) is 0 Å². The molecule has 0 aromatic heterocycles. The number of halogens is 2. The van der Waals surface area contributed by atoms with E-state index in [0.29, 0.717) is 13.0 Å². The van der Waals surface area contributed by atoms with E-state index in [-0.39, 0.29) is 28.6 Å². The Morgan fingerprint density at radius 1 is 1.55 bits per heavy atom. The molecule has 2 rings (SSSR count). The predicted octanol–water partition coefficient (Wildman–Crippen LogP) is 1.60. The Morgan fingerprint density at radius 3 is 2.75 bits per heavy atom. The van der Waals surface area contributed by atoms with Gasteiger partial charge in [-0.1, -0.05) is 17.7 Å². The highest BCUT2D eigenvalue weighted by atomic mass is 35.5. The number of hydrogen-bond donors (Lipinski definition) is 1. The number of sulfone groups is 1. The smallest absolute Gasteiger partial charge is 0.151 e. The van der Waals surface area contributed by atoms with Gasteiger partial charge in [0.15, 0.2) is 9.84 Å². The molecule has 112 valence electrons. The fraction of sp³-hybridized carbons (Fsp3) is 0.538. The minimum Gasteiger partial charge on any atom is -0.329 e. The van der Waals surface area contributed by atoms with Crippen LogP contribution in [0.2, 0.25) is 5.02 Å². The lowest BCUT2D eigenvalue weighted by atomic mass is 10.0. The molecule has 7 heteroatoms.